The molecule has 2 heterocycles. The van der Waals surface area contributed by atoms with Crippen molar-refractivity contribution in [3.05, 3.63) is 34.0 Å². The quantitative estimate of drug-likeness (QED) is 0.796. The van der Waals surface area contributed by atoms with E-state index in [0.717, 1.165) is 5.69 Å². The summed E-state index contributed by atoms with van der Waals surface area (Å²) >= 11 is 5.78. The molecule has 0 bridgehead atoms. The molecule has 7 heteroatoms. The molecule has 0 amide bonds. The van der Waals surface area contributed by atoms with Gasteiger partial charge in [0.1, 0.15) is 5.02 Å². The number of hydrogen-bond acceptors (Lipinski definition) is 4. The summed E-state index contributed by atoms with van der Waals surface area (Å²) in [5.41, 5.74) is 0.769. The van der Waals surface area contributed by atoms with Crippen LogP contribution in [-0.4, -0.2) is 20.0 Å². The van der Waals surface area contributed by atoms with E-state index in [0.29, 0.717) is 5.69 Å². The largest absolute Gasteiger partial charge is 0.350 e. The number of hydrogen-bond donors (Lipinski definition) is 2. The molecule has 0 aliphatic heterocycles. The van der Waals surface area contributed by atoms with E-state index in [9.17, 15) is 4.79 Å². The Balaban J connectivity index is 2.32. The van der Waals surface area contributed by atoms with Crippen LogP contribution in [0.4, 0.5) is 11.4 Å². The van der Waals surface area contributed by atoms with Crippen LogP contribution in [0.1, 0.15) is 0 Å². The van der Waals surface area contributed by atoms with Gasteiger partial charge in [0.25, 0.3) is 5.56 Å². The van der Waals surface area contributed by atoms with E-state index in [2.05, 4.69) is 20.6 Å². The normalized spacial score (nSPS) is 10.3. The molecule has 78 valence electrons. The third-order valence-electron chi connectivity index (χ3n) is 1.78. The van der Waals surface area contributed by atoms with Gasteiger partial charge in [-0.25, -0.2) is 5.10 Å². The molecule has 0 spiro atoms. The molecule has 0 radical (unpaired) electrons. The zero-order valence-corrected chi connectivity index (χ0v) is 8.62. The van der Waals surface area contributed by atoms with E-state index in [1.807, 2.05) is 0 Å². The topological polar surface area (TPSA) is 75.6 Å². The Bertz CT molecular complexity index is 532. The Labute approximate surface area is 89.9 Å². The summed E-state index contributed by atoms with van der Waals surface area (Å²) < 4.78 is 1.64. The van der Waals surface area contributed by atoms with Crippen LogP contribution >= 0.6 is 11.6 Å². The highest BCUT2D eigenvalue weighted by Crippen LogP contribution is 2.19. The summed E-state index contributed by atoms with van der Waals surface area (Å²) in [5.74, 6) is 0. The number of anilines is 2. The van der Waals surface area contributed by atoms with Gasteiger partial charge in [-0.2, -0.15) is 10.2 Å². The number of aromatic nitrogens is 4. The van der Waals surface area contributed by atoms with Crippen LogP contribution < -0.4 is 10.9 Å². The van der Waals surface area contributed by atoms with E-state index in [1.165, 1.54) is 6.20 Å². The number of rotatable bonds is 2. The van der Waals surface area contributed by atoms with Crippen molar-refractivity contribution in [1.29, 1.82) is 0 Å². The van der Waals surface area contributed by atoms with Crippen LogP contribution in [0.25, 0.3) is 0 Å². The predicted molar refractivity (Wildman–Crippen MR) is 56.4 cm³/mol. The maximum Gasteiger partial charge on any atom is 0.285 e. The third-order valence-corrected chi connectivity index (χ3v) is 2.15. The zero-order valence-electron chi connectivity index (χ0n) is 7.86. The van der Waals surface area contributed by atoms with Gasteiger partial charge >= 0.3 is 0 Å². The van der Waals surface area contributed by atoms with Crippen LogP contribution in [0.2, 0.25) is 5.02 Å². The number of H-pyrrole nitrogens is 1. The Kier molecular flexibility index (Phi) is 2.42. The molecule has 2 N–H and O–H groups in total. The first kappa shape index (κ1) is 9.72. The molecule has 6 nitrogen and oxygen atoms in total. The van der Waals surface area contributed by atoms with Crippen molar-refractivity contribution in [2.45, 2.75) is 0 Å². The number of aromatic amines is 1. The molecule has 0 saturated carbocycles. The van der Waals surface area contributed by atoms with Crippen molar-refractivity contribution in [3.63, 3.8) is 0 Å². The lowest BCUT2D eigenvalue weighted by Gasteiger charge is -2.02. The summed E-state index contributed by atoms with van der Waals surface area (Å²) in [6.07, 6.45) is 4.83. The maximum atomic E-state index is 11.1. The van der Waals surface area contributed by atoms with Gasteiger partial charge in [0.05, 0.1) is 23.8 Å². The SMILES string of the molecule is Cn1cc(Nc2cn[nH]c(=O)c2Cl)cn1. The van der Waals surface area contributed by atoms with Crippen molar-refractivity contribution in [3.8, 4) is 0 Å². The average molecular weight is 226 g/mol. The molecule has 0 atom stereocenters. The smallest absolute Gasteiger partial charge is 0.285 e. The maximum absolute atomic E-state index is 11.1. The van der Waals surface area contributed by atoms with Crippen LogP contribution in [-0.2, 0) is 7.05 Å². The predicted octanol–water partition coefficient (Wildman–Crippen LogP) is 0.900. The van der Waals surface area contributed by atoms with Crippen LogP contribution in [0, 0.1) is 0 Å². The minimum atomic E-state index is -0.425. The number of nitrogens with zero attached hydrogens (tertiary/aromatic N) is 3. The summed E-state index contributed by atoms with van der Waals surface area (Å²) in [6, 6.07) is 0. The monoisotopic (exact) mass is 225 g/mol. The Hall–Kier alpha value is -1.82. The van der Waals surface area contributed by atoms with Crippen LogP contribution in [0.3, 0.4) is 0 Å². The molecule has 15 heavy (non-hydrogen) atoms. The van der Waals surface area contributed by atoms with Gasteiger partial charge in [0.2, 0.25) is 0 Å². The Morgan fingerprint density at radius 3 is 3.00 bits per heavy atom. The van der Waals surface area contributed by atoms with Crippen molar-refractivity contribution in [2.24, 2.45) is 7.05 Å². The van der Waals surface area contributed by atoms with Gasteiger partial charge in [-0.1, -0.05) is 11.6 Å². The lowest BCUT2D eigenvalue weighted by molar-refractivity contribution is 0.768. The Morgan fingerprint density at radius 2 is 2.33 bits per heavy atom. The molecular formula is C8H8ClN5O. The molecule has 2 aromatic heterocycles. The van der Waals surface area contributed by atoms with Gasteiger partial charge < -0.3 is 5.32 Å². The summed E-state index contributed by atoms with van der Waals surface area (Å²) in [4.78, 5) is 11.1. The first-order valence-electron chi connectivity index (χ1n) is 4.15. The van der Waals surface area contributed by atoms with Crippen molar-refractivity contribution >= 4 is 23.0 Å². The second-order valence-electron chi connectivity index (χ2n) is 2.95. The van der Waals surface area contributed by atoms with Gasteiger partial charge in [-0.3, -0.25) is 9.48 Å². The minimum Gasteiger partial charge on any atom is -0.350 e. The second-order valence-corrected chi connectivity index (χ2v) is 3.33. The molecule has 0 unspecified atom stereocenters. The molecule has 2 rings (SSSR count). The third kappa shape index (κ3) is 1.99. The molecule has 0 aliphatic rings. The van der Waals surface area contributed by atoms with Gasteiger partial charge in [0, 0.05) is 13.2 Å². The zero-order chi connectivity index (χ0) is 10.8. The van der Waals surface area contributed by atoms with Gasteiger partial charge in [0.15, 0.2) is 0 Å². The lowest BCUT2D eigenvalue weighted by atomic mass is 10.4. The summed E-state index contributed by atoms with van der Waals surface area (Å²) in [6.45, 7) is 0. The fourth-order valence-electron chi connectivity index (χ4n) is 1.11. The van der Waals surface area contributed by atoms with Crippen molar-refractivity contribution < 1.29 is 0 Å². The van der Waals surface area contributed by atoms with Crippen LogP contribution in [0.5, 0.6) is 0 Å². The van der Waals surface area contributed by atoms with E-state index in [4.69, 9.17) is 11.6 Å². The highest BCUT2D eigenvalue weighted by Gasteiger charge is 2.05. The molecule has 0 fully saturated rings. The molecular weight excluding hydrogens is 218 g/mol. The fourth-order valence-corrected chi connectivity index (χ4v) is 1.25. The molecule has 0 aliphatic carbocycles. The van der Waals surface area contributed by atoms with E-state index >= 15 is 0 Å². The van der Waals surface area contributed by atoms with Gasteiger partial charge in [-0.05, 0) is 0 Å². The Morgan fingerprint density at radius 1 is 1.53 bits per heavy atom. The van der Waals surface area contributed by atoms with E-state index in [1.54, 1.807) is 24.1 Å². The summed E-state index contributed by atoms with van der Waals surface area (Å²) in [7, 11) is 1.79. The fraction of sp³-hybridized carbons (Fsp3) is 0.125. The number of aryl methyl sites for hydroxylation is 1. The lowest BCUT2D eigenvalue weighted by Crippen LogP contribution is -2.09. The molecule has 0 saturated heterocycles. The highest BCUT2D eigenvalue weighted by atomic mass is 35.5. The van der Waals surface area contributed by atoms with Crippen LogP contribution in [0.15, 0.2) is 23.4 Å². The van der Waals surface area contributed by atoms with Crippen molar-refractivity contribution in [2.75, 3.05) is 5.32 Å². The number of nitrogens with one attached hydrogen (secondary N) is 2. The minimum absolute atomic E-state index is 0.0776. The van der Waals surface area contributed by atoms with E-state index < -0.39 is 5.56 Å². The average Bonchev–Trinajstić information content (AvgIpc) is 2.59. The van der Waals surface area contributed by atoms with Gasteiger partial charge in [-0.15, -0.1) is 0 Å². The molecule has 2 aromatic rings. The highest BCUT2D eigenvalue weighted by molar-refractivity contribution is 6.33. The summed E-state index contributed by atoms with van der Waals surface area (Å²) in [5, 5.41) is 12.9. The first-order chi connectivity index (χ1) is 7.16. The van der Waals surface area contributed by atoms with Crippen molar-refractivity contribution in [1.82, 2.24) is 20.0 Å². The standard InChI is InChI=1S/C8H8ClN5O/c1-14-4-5(2-11-14)12-6-3-10-13-8(15)7(6)9/h2-4H,1H3,(H2,12,13,15). The van der Waals surface area contributed by atoms with E-state index in [-0.39, 0.29) is 5.02 Å². The molecule has 0 aromatic carbocycles. The first-order valence-corrected chi connectivity index (χ1v) is 4.53. The number of halogens is 1. The second kappa shape index (κ2) is 3.74.